The molecule has 0 bridgehead atoms. The Morgan fingerprint density at radius 3 is 1.87 bits per heavy atom. The summed E-state index contributed by atoms with van der Waals surface area (Å²) in [6, 6.07) is 0. The number of hydrogen-bond acceptors (Lipinski definition) is 3. The highest BCUT2D eigenvalue weighted by atomic mass is 16.6. The normalized spacial score (nSPS) is 12.4. The fourth-order valence-corrected chi connectivity index (χ4v) is 1.06. The lowest BCUT2D eigenvalue weighted by Crippen LogP contribution is -2.39. The summed E-state index contributed by atoms with van der Waals surface area (Å²) in [6.07, 6.45) is 1.18. The van der Waals surface area contributed by atoms with Gasteiger partial charge in [0.15, 0.2) is 0 Å². The van der Waals surface area contributed by atoms with Crippen LogP contribution in [0.25, 0.3) is 0 Å². The fraction of sp³-hybridized carbons (Fsp3) is 0.833. The van der Waals surface area contributed by atoms with Gasteiger partial charge in [-0.15, -0.1) is 0 Å². The number of Topliss-reactive ketones (excluding diaryl/α,β-unsaturated/α-hetero) is 1. The number of ketones is 1. The molecule has 0 aromatic heterocycles. The summed E-state index contributed by atoms with van der Waals surface area (Å²) in [5.41, 5.74) is -1.57. The first-order valence-corrected chi connectivity index (χ1v) is 5.38. The second-order valence-electron chi connectivity index (χ2n) is 5.30. The summed E-state index contributed by atoms with van der Waals surface area (Å²) in [5, 5.41) is 0. The van der Waals surface area contributed by atoms with Crippen molar-refractivity contribution in [2.75, 3.05) is 0 Å². The quantitative estimate of drug-likeness (QED) is 0.534. The Morgan fingerprint density at radius 2 is 1.53 bits per heavy atom. The van der Waals surface area contributed by atoms with Crippen LogP contribution >= 0.6 is 0 Å². The SMILES string of the molecule is CCCC(=O)C(C)(C)C(=O)OC(C)(C)C. The van der Waals surface area contributed by atoms with E-state index in [0.717, 1.165) is 6.42 Å². The van der Waals surface area contributed by atoms with Crippen molar-refractivity contribution in [2.45, 2.75) is 60.0 Å². The van der Waals surface area contributed by atoms with Gasteiger partial charge in [-0.3, -0.25) is 9.59 Å². The number of carbonyl (C=O) groups excluding carboxylic acids is 2. The van der Waals surface area contributed by atoms with Crippen LogP contribution in [0.1, 0.15) is 54.4 Å². The van der Waals surface area contributed by atoms with Gasteiger partial charge >= 0.3 is 5.97 Å². The Hall–Kier alpha value is -0.860. The number of rotatable bonds is 4. The van der Waals surface area contributed by atoms with Gasteiger partial charge in [0.1, 0.15) is 16.8 Å². The van der Waals surface area contributed by atoms with E-state index in [1.807, 2.05) is 6.92 Å². The van der Waals surface area contributed by atoms with Gasteiger partial charge in [-0.05, 0) is 41.0 Å². The van der Waals surface area contributed by atoms with E-state index in [2.05, 4.69) is 0 Å². The smallest absolute Gasteiger partial charge is 0.319 e. The van der Waals surface area contributed by atoms with Crippen LogP contribution in [0.15, 0.2) is 0 Å². The van der Waals surface area contributed by atoms with E-state index in [1.54, 1.807) is 34.6 Å². The molecule has 0 aliphatic carbocycles. The summed E-state index contributed by atoms with van der Waals surface area (Å²) in [4.78, 5) is 23.4. The zero-order valence-corrected chi connectivity index (χ0v) is 10.6. The van der Waals surface area contributed by atoms with E-state index in [-0.39, 0.29) is 5.78 Å². The zero-order valence-electron chi connectivity index (χ0n) is 10.6. The molecule has 0 aromatic rings. The molecule has 0 fully saturated rings. The summed E-state index contributed by atoms with van der Waals surface area (Å²) < 4.78 is 5.21. The number of esters is 1. The molecule has 0 aliphatic rings. The van der Waals surface area contributed by atoms with Gasteiger partial charge in [0.2, 0.25) is 0 Å². The van der Waals surface area contributed by atoms with Crippen LogP contribution < -0.4 is 0 Å². The predicted molar refractivity (Wildman–Crippen MR) is 59.5 cm³/mol. The minimum Gasteiger partial charge on any atom is -0.459 e. The molecule has 15 heavy (non-hydrogen) atoms. The molecule has 0 saturated heterocycles. The highest BCUT2D eigenvalue weighted by Gasteiger charge is 2.38. The maximum atomic E-state index is 11.8. The molecule has 3 nitrogen and oxygen atoms in total. The van der Waals surface area contributed by atoms with Crippen LogP contribution in [0.3, 0.4) is 0 Å². The molecule has 0 amide bonds. The second kappa shape index (κ2) is 4.77. The van der Waals surface area contributed by atoms with E-state index in [4.69, 9.17) is 4.74 Å². The van der Waals surface area contributed by atoms with Gasteiger partial charge in [-0.1, -0.05) is 6.92 Å². The van der Waals surface area contributed by atoms with Crippen molar-refractivity contribution in [3.63, 3.8) is 0 Å². The van der Waals surface area contributed by atoms with Crippen molar-refractivity contribution in [3.8, 4) is 0 Å². The van der Waals surface area contributed by atoms with Crippen LogP contribution in [-0.2, 0) is 14.3 Å². The van der Waals surface area contributed by atoms with Crippen LogP contribution in [0, 0.1) is 5.41 Å². The second-order valence-corrected chi connectivity index (χ2v) is 5.30. The number of ether oxygens (including phenoxy) is 1. The monoisotopic (exact) mass is 214 g/mol. The molecule has 0 rings (SSSR count). The first-order valence-electron chi connectivity index (χ1n) is 5.38. The highest BCUT2D eigenvalue weighted by Crippen LogP contribution is 2.24. The van der Waals surface area contributed by atoms with Crippen LogP contribution in [0.5, 0.6) is 0 Å². The Bertz CT molecular complexity index is 246. The molecule has 0 unspecified atom stereocenters. The van der Waals surface area contributed by atoms with Crippen LogP contribution in [0.4, 0.5) is 0 Å². The lowest BCUT2D eigenvalue weighted by Gasteiger charge is -2.27. The minimum atomic E-state index is -1.02. The van der Waals surface area contributed by atoms with Gasteiger partial charge in [0.25, 0.3) is 0 Å². The lowest BCUT2D eigenvalue weighted by atomic mass is 9.85. The number of carbonyl (C=O) groups is 2. The van der Waals surface area contributed by atoms with Crippen molar-refractivity contribution in [1.82, 2.24) is 0 Å². The van der Waals surface area contributed by atoms with E-state index in [1.165, 1.54) is 0 Å². The number of hydrogen-bond donors (Lipinski definition) is 0. The zero-order chi connectivity index (χ0) is 12.3. The molecule has 0 aromatic carbocycles. The first kappa shape index (κ1) is 14.1. The molecule has 0 heterocycles. The Balaban J connectivity index is 4.59. The molecule has 3 heteroatoms. The van der Waals surface area contributed by atoms with Gasteiger partial charge in [0, 0.05) is 6.42 Å². The molecular formula is C12H22O3. The molecule has 0 aliphatic heterocycles. The van der Waals surface area contributed by atoms with Crippen molar-refractivity contribution < 1.29 is 14.3 Å². The van der Waals surface area contributed by atoms with Crippen molar-refractivity contribution in [3.05, 3.63) is 0 Å². The maximum Gasteiger partial charge on any atom is 0.319 e. The minimum absolute atomic E-state index is 0.0562. The molecule has 0 N–H and O–H groups in total. The van der Waals surface area contributed by atoms with Gasteiger partial charge < -0.3 is 4.74 Å². The largest absolute Gasteiger partial charge is 0.459 e. The van der Waals surface area contributed by atoms with E-state index in [0.29, 0.717) is 6.42 Å². The Labute approximate surface area is 92.2 Å². The Morgan fingerprint density at radius 1 is 1.07 bits per heavy atom. The average Bonchev–Trinajstić information content (AvgIpc) is 2.01. The lowest BCUT2D eigenvalue weighted by molar-refractivity contribution is -0.168. The van der Waals surface area contributed by atoms with Crippen LogP contribution in [-0.4, -0.2) is 17.4 Å². The van der Waals surface area contributed by atoms with E-state index < -0.39 is 17.0 Å². The summed E-state index contributed by atoms with van der Waals surface area (Å²) >= 11 is 0. The third kappa shape index (κ3) is 4.45. The van der Waals surface area contributed by atoms with E-state index >= 15 is 0 Å². The third-order valence-electron chi connectivity index (χ3n) is 2.08. The van der Waals surface area contributed by atoms with Crippen molar-refractivity contribution in [2.24, 2.45) is 5.41 Å². The molecule has 0 spiro atoms. The molecule has 0 atom stereocenters. The summed E-state index contributed by atoms with van der Waals surface area (Å²) in [6.45, 7) is 10.6. The summed E-state index contributed by atoms with van der Waals surface area (Å²) in [5.74, 6) is -0.493. The topological polar surface area (TPSA) is 43.4 Å². The predicted octanol–water partition coefficient (Wildman–Crippen LogP) is 2.72. The van der Waals surface area contributed by atoms with Gasteiger partial charge in [0.05, 0.1) is 0 Å². The molecular weight excluding hydrogens is 192 g/mol. The van der Waals surface area contributed by atoms with E-state index in [9.17, 15) is 9.59 Å². The standard InChI is InChI=1S/C12H22O3/c1-7-8-9(13)12(5,6)10(14)15-11(2,3)4/h7-8H2,1-6H3. The molecule has 88 valence electrons. The summed E-state index contributed by atoms with van der Waals surface area (Å²) in [7, 11) is 0. The molecule has 0 saturated carbocycles. The maximum absolute atomic E-state index is 11.8. The average molecular weight is 214 g/mol. The van der Waals surface area contributed by atoms with Gasteiger partial charge in [-0.2, -0.15) is 0 Å². The van der Waals surface area contributed by atoms with Crippen molar-refractivity contribution in [1.29, 1.82) is 0 Å². The fourth-order valence-electron chi connectivity index (χ4n) is 1.06. The third-order valence-corrected chi connectivity index (χ3v) is 2.08. The first-order chi connectivity index (χ1) is 6.61. The highest BCUT2D eigenvalue weighted by molar-refractivity contribution is 6.03. The van der Waals surface area contributed by atoms with Gasteiger partial charge in [-0.25, -0.2) is 0 Å². The van der Waals surface area contributed by atoms with Crippen molar-refractivity contribution >= 4 is 11.8 Å². The van der Waals surface area contributed by atoms with Crippen LogP contribution in [0.2, 0.25) is 0 Å². The molecule has 0 radical (unpaired) electrons. The Kier molecular flexibility index (Phi) is 4.50.